The number of hydrogen-bond acceptors (Lipinski definition) is 5. The van der Waals surface area contributed by atoms with Crippen LogP contribution in [0.25, 0.3) is 0 Å². The van der Waals surface area contributed by atoms with Crippen molar-refractivity contribution in [3.05, 3.63) is 21.9 Å². The lowest BCUT2D eigenvalue weighted by molar-refractivity contribution is -0.122. The number of nitrogens with one attached hydrogen (secondary N) is 1. The van der Waals surface area contributed by atoms with Crippen LogP contribution in [0.4, 0.5) is 0 Å². The van der Waals surface area contributed by atoms with Crippen LogP contribution in [0.5, 0.6) is 0 Å². The van der Waals surface area contributed by atoms with E-state index in [0.717, 1.165) is 45.9 Å². The summed E-state index contributed by atoms with van der Waals surface area (Å²) in [5, 5.41) is 2.74. The molecule has 1 spiro atoms. The standard InChI is InChI=1S/C18H29N3O2S/c1-15-4-5-16(24-15)10-20-7-3-6-18(12-20)13-21(8-9-23-14-18)11-17(22)19-2/h4-5H,3,6-14H2,1-2H3,(H,19,22). The van der Waals surface area contributed by atoms with Gasteiger partial charge in [0.15, 0.2) is 0 Å². The fourth-order valence-corrected chi connectivity index (χ4v) is 4.91. The van der Waals surface area contributed by atoms with Crippen LogP contribution in [-0.4, -0.2) is 68.7 Å². The highest BCUT2D eigenvalue weighted by Gasteiger charge is 2.39. The minimum absolute atomic E-state index is 0.0915. The van der Waals surface area contributed by atoms with Crippen LogP contribution in [0, 0.1) is 12.3 Å². The van der Waals surface area contributed by atoms with Gasteiger partial charge in [-0.15, -0.1) is 11.3 Å². The van der Waals surface area contributed by atoms with Crippen molar-refractivity contribution in [2.75, 3.05) is 53.0 Å². The first-order valence-corrected chi connectivity index (χ1v) is 9.69. The van der Waals surface area contributed by atoms with Crippen molar-refractivity contribution in [3.63, 3.8) is 0 Å². The zero-order valence-corrected chi connectivity index (χ0v) is 15.7. The maximum absolute atomic E-state index is 11.8. The molecular weight excluding hydrogens is 322 g/mol. The minimum Gasteiger partial charge on any atom is -0.379 e. The molecule has 24 heavy (non-hydrogen) atoms. The summed E-state index contributed by atoms with van der Waals surface area (Å²) >= 11 is 1.90. The molecule has 0 radical (unpaired) electrons. The number of ether oxygens (including phenoxy) is 1. The van der Waals surface area contributed by atoms with Crippen LogP contribution in [0.15, 0.2) is 12.1 Å². The number of likely N-dealkylation sites (N-methyl/N-ethyl adjacent to an activating group) is 1. The molecule has 0 aromatic carbocycles. The first-order chi connectivity index (χ1) is 11.6. The fourth-order valence-electron chi connectivity index (χ4n) is 3.98. The first-order valence-electron chi connectivity index (χ1n) is 8.87. The Kier molecular flexibility index (Phi) is 5.92. The second-order valence-electron chi connectivity index (χ2n) is 7.26. The van der Waals surface area contributed by atoms with Gasteiger partial charge in [0.1, 0.15) is 0 Å². The van der Waals surface area contributed by atoms with Gasteiger partial charge in [-0.3, -0.25) is 14.6 Å². The van der Waals surface area contributed by atoms with Gasteiger partial charge in [-0.25, -0.2) is 0 Å². The van der Waals surface area contributed by atoms with Gasteiger partial charge in [-0.1, -0.05) is 0 Å². The largest absolute Gasteiger partial charge is 0.379 e. The number of carbonyl (C=O) groups excluding carboxylic acids is 1. The molecule has 1 unspecified atom stereocenters. The molecule has 6 heteroatoms. The summed E-state index contributed by atoms with van der Waals surface area (Å²) in [4.78, 5) is 19.4. The van der Waals surface area contributed by atoms with E-state index in [2.05, 4.69) is 34.2 Å². The van der Waals surface area contributed by atoms with E-state index >= 15 is 0 Å². The zero-order chi connectivity index (χ0) is 17.0. The van der Waals surface area contributed by atoms with Crippen LogP contribution < -0.4 is 5.32 Å². The molecular formula is C18H29N3O2S. The third-order valence-corrected chi connectivity index (χ3v) is 6.07. The topological polar surface area (TPSA) is 44.8 Å². The summed E-state index contributed by atoms with van der Waals surface area (Å²) in [5.74, 6) is 0.0915. The molecule has 2 aliphatic rings. The molecule has 3 rings (SSSR count). The number of likely N-dealkylation sites (tertiary alicyclic amines) is 1. The molecule has 1 atom stereocenters. The number of aryl methyl sites for hydroxylation is 1. The van der Waals surface area contributed by atoms with Gasteiger partial charge < -0.3 is 10.1 Å². The van der Waals surface area contributed by atoms with E-state index in [9.17, 15) is 4.79 Å². The van der Waals surface area contributed by atoms with Gasteiger partial charge in [0, 0.05) is 48.4 Å². The summed E-state index contributed by atoms with van der Waals surface area (Å²) in [6.45, 7) is 9.26. The van der Waals surface area contributed by atoms with E-state index in [4.69, 9.17) is 4.74 Å². The SMILES string of the molecule is CNC(=O)CN1CCOCC2(CCCN(Cc3ccc(C)s3)C2)C1. The van der Waals surface area contributed by atoms with E-state index in [-0.39, 0.29) is 11.3 Å². The maximum Gasteiger partial charge on any atom is 0.233 e. The number of piperidine rings is 1. The summed E-state index contributed by atoms with van der Waals surface area (Å²) in [7, 11) is 1.71. The number of rotatable bonds is 4. The second-order valence-corrected chi connectivity index (χ2v) is 8.64. The normalized spacial score (nSPS) is 26.4. The van der Waals surface area contributed by atoms with Crippen molar-refractivity contribution in [2.45, 2.75) is 26.3 Å². The van der Waals surface area contributed by atoms with Crippen LogP contribution in [-0.2, 0) is 16.1 Å². The number of hydrogen-bond donors (Lipinski definition) is 1. The number of carbonyl (C=O) groups is 1. The van der Waals surface area contributed by atoms with Gasteiger partial charge >= 0.3 is 0 Å². The molecule has 1 aromatic heterocycles. The summed E-state index contributed by atoms with van der Waals surface area (Å²) in [6, 6.07) is 4.46. The van der Waals surface area contributed by atoms with Crippen LogP contribution in [0.3, 0.4) is 0 Å². The highest BCUT2D eigenvalue weighted by Crippen LogP contribution is 2.34. The van der Waals surface area contributed by atoms with E-state index in [1.165, 1.54) is 22.6 Å². The Hall–Kier alpha value is -0.950. The molecule has 0 aliphatic carbocycles. The van der Waals surface area contributed by atoms with Crippen molar-refractivity contribution in [1.82, 2.24) is 15.1 Å². The highest BCUT2D eigenvalue weighted by atomic mass is 32.1. The molecule has 2 aliphatic heterocycles. The molecule has 1 aromatic rings. The van der Waals surface area contributed by atoms with E-state index in [1.807, 2.05) is 11.3 Å². The molecule has 0 saturated carbocycles. The summed E-state index contributed by atoms with van der Waals surface area (Å²) in [5.41, 5.74) is 0.162. The predicted molar refractivity (Wildman–Crippen MR) is 97.3 cm³/mol. The molecule has 2 fully saturated rings. The molecule has 1 N–H and O–H groups in total. The first kappa shape index (κ1) is 17.9. The molecule has 0 bridgehead atoms. The van der Waals surface area contributed by atoms with E-state index in [0.29, 0.717) is 6.54 Å². The number of amides is 1. The molecule has 134 valence electrons. The lowest BCUT2D eigenvalue weighted by atomic mass is 9.80. The number of nitrogens with zero attached hydrogens (tertiary/aromatic N) is 2. The Labute approximate surface area is 149 Å². The fraction of sp³-hybridized carbons (Fsp3) is 0.722. The minimum atomic E-state index is 0.0915. The third kappa shape index (κ3) is 4.57. The molecule has 3 heterocycles. The van der Waals surface area contributed by atoms with E-state index < -0.39 is 0 Å². The Morgan fingerprint density at radius 1 is 1.33 bits per heavy atom. The van der Waals surface area contributed by atoms with Crippen molar-refractivity contribution >= 4 is 17.2 Å². The lowest BCUT2D eigenvalue weighted by Gasteiger charge is -2.43. The Balaban J connectivity index is 1.64. The van der Waals surface area contributed by atoms with Crippen LogP contribution >= 0.6 is 11.3 Å². The van der Waals surface area contributed by atoms with Gasteiger partial charge in [0.05, 0.1) is 19.8 Å². The van der Waals surface area contributed by atoms with E-state index in [1.54, 1.807) is 7.05 Å². The average Bonchev–Trinajstić information content (AvgIpc) is 2.86. The quantitative estimate of drug-likeness (QED) is 0.897. The second kappa shape index (κ2) is 7.95. The zero-order valence-electron chi connectivity index (χ0n) is 14.8. The van der Waals surface area contributed by atoms with Crippen molar-refractivity contribution in [3.8, 4) is 0 Å². The molecule has 1 amide bonds. The van der Waals surface area contributed by atoms with Gasteiger partial charge in [-0.05, 0) is 38.4 Å². The third-order valence-electron chi connectivity index (χ3n) is 5.08. The predicted octanol–water partition coefficient (Wildman–Crippen LogP) is 1.72. The summed E-state index contributed by atoms with van der Waals surface area (Å²) < 4.78 is 5.94. The van der Waals surface area contributed by atoms with Gasteiger partial charge in [-0.2, -0.15) is 0 Å². The van der Waals surface area contributed by atoms with Crippen LogP contribution in [0.2, 0.25) is 0 Å². The van der Waals surface area contributed by atoms with Crippen molar-refractivity contribution in [2.24, 2.45) is 5.41 Å². The Morgan fingerprint density at radius 2 is 2.17 bits per heavy atom. The van der Waals surface area contributed by atoms with Gasteiger partial charge in [0.25, 0.3) is 0 Å². The monoisotopic (exact) mass is 351 g/mol. The van der Waals surface area contributed by atoms with Crippen molar-refractivity contribution in [1.29, 1.82) is 0 Å². The maximum atomic E-state index is 11.8. The summed E-state index contributed by atoms with van der Waals surface area (Å²) in [6.07, 6.45) is 2.40. The Bertz CT molecular complexity index is 562. The van der Waals surface area contributed by atoms with Crippen LogP contribution in [0.1, 0.15) is 22.6 Å². The molecule has 5 nitrogen and oxygen atoms in total. The Morgan fingerprint density at radius 3 is 2.92 bits per heavy atom. The van der Waals surface area contributed by atoms with Crippen molar-refractivity contribution < 1.29 is 9.53 Å². The number of thiophene rings is 1. The smallest absolute Gasteiger partial charge is 0.233 e. The highest BCUT2D eigenvalue weighted by molar-refractivity contribution is 7.11. The molecule has 2 saturated heterocycles. The van der Waals surface area contributed by atoms with Gasteiger partial charge in [0.2, 0.25) is 5.91 Å². The lowest BCUT2D eigenvalue weighted by Crippen LogP contribution is -2.51. The average molecular weight is 352 g/mol.